The Balaban J connectivity index is 2.75. The van der Waals surface area contributed by atoms with Gasteiger partial charge in [-0.1, -0.05) is 56.4 Å². The molecule has 1 N–H and O–H groups in total. The van der Waals surface area contributed by atoms with E-state index in [1.165, 1.54) is 11.3 Å². The largest absolute Gasteiger partial charge is 0.381 e. The second-order valence-electron chi connectivity index (χ2n) is 4.14. The van der Waals surface area contributed by atoms with Crippen molar-refractivity contribution >= 4 is 11.8 Å². The molecule has 0 radical (unpaired) electrons. The van der Waals surface area contributed by atoms with Crippen molar-refractivity contribution in [1.82, 2.24) is 0 Å². The van der Waals surface area contributed by atoms with Crippen LogP contribution >= 0.6 is 0 Å². The lowest BCUT2D eigenvalue weighted by Gasteiger charge is -2.07. The topological polar surface area (TPSA) is 12.0 Å². The molecule has 1 nitrogen and oxygen atoms in total. The van der Waals surface area contributed by atoms with Crippen LogP contribution in [0.1, 0.15) is 26.3 Å². The molecule has 1 rings (SSSR count). The highest BCUT2D eigenvalue weighted by molar-refractivity contribution is 5.66. The Morgan fingerprint density at radius 1 is 1.25 bits per heavy atom. The lowest BCUT2D eigenvalue weighted by atomic mass is 10.1. The third-order valence-corrected chi connectivity index (χ3v) is 2.27. The van der Waals surface area contributed by atoms with Crippen molar-refractivity contribution < 1.29 is 0 Å². The van der Waals surface area contributed by atoms with Gasteiger partial charge in [-0.15, -0.1) is 0 Å². The van der Waals surface area contributed by atoms with Gasteiger partial charge in [-0.3, -0.25) is 0 Å². The molecule has 0 aliphatic rings. The standard InChI is InChI=1S/C15H21N/c1-4-5-12-16-15-9-7-6-8-14(15)11-10-13(2)3/h4-11,13,16H,12H2,1-3H3/b5-4-,11-10-. The maximum absolute atomic E-state index is 3.40. The van der Waals surface area contributed by atoms with Crippen LogP contribution in [-0.4, -0.2) is 6.54 Å². The van der Waals surface area contributed by atoms with E-state index >= 15 is 0 Å². The van der Waals surface area contributed by atoms with E-state index in [2.05, 4.69) is 67.7 Å². The highest BCUT2D eigenvalue weighted by Gasteiger charge is 1.96. The average molecular weight is 215 g/mol. The molecule has 0 bridgehead atoms. The summed E-state index contributed by atoms with van der Waals surface area (Å²) in [4.78, 5) is 0. The van der Waals surface area contributed by atoms with E-state index in [1.54, 1.807) is 0 Å². The number of para-hydroxylation sites is 1. The van der Waals surface area contributed by atoms with Crippen LogP contribution in [0.5, 0.6) is 0 Å². The van der Waals surface area contributed by atoms with Crippen molar-refractivity contribution in [2.45, 2.75) is 20.8 Å². The number of hydrogen-bond acceptors (Lipinski definition) is 1. The van der Waals surface area contributed by atoms with Gasteiger partial charge in [0.2, 0.25) is 0 Å². The van der Waals surface area contributed by atoms with Gasteiger partial charge in [-0.25, -0.2) is 0 Å². The van der Waals surface area contributed by atoms with Gasteiger partial charge in [0, 0.05) is 12.2 Å². The van der Waals surface area contributed by atoms with Crippen molar-refractivity contribution in [3.8, 4) is 0 Å². The molecule has 0 saturated carbocycles. The Morgan fingerprint density at radius 2 is 2.00 bits per heavy atom. The molecule has 0 saturated heterocycles. The Morgan fingerprint density at radius 3 is 2.69 bits per heavy atom. The van der Waals surface area contributed by atoms with Crippen LogP contribution in [-0.2, 0) is 0 Å². The van der Waals surface area contributed by atoms with Gasteiger partial charge in [-0.05, 0) is 24.5 Å². The zero-order valence-corrected chi connectivity index (χ0v) is 10.4. The second kappa shape index (κ2) is 6.89. The SMILES string of the molecule is C/C=C\CNc1ccccc1/C=C\C(C)C. The fraction of sp³-hybridized carbons (Fsp3) is 0.333. The predicted octanol–water partition coefficient (Wildman–Crippen LogP) is 4.34. The first-order valence-electron chi connectivity index (χ1n) is 5.86. The zero-order chi connectivity index (χ0) is 11.8. The zero-order valence-electron chi connectivity index (χ0n) is 10.4. The third kappa shape index (κ3) is 4.35. The minimum absolute atomic E-state index is 0.587. The summed E-state index contributed by atoms with van der Waals surface area (Å²) in [5.74, 6) is 0.587. The van der Waals surface area contributed by atoms with Crippen molar-refractivity contribution in [1.29, 1.82) is 0 Å². The van der Waals surface area contributed by atoms with E-state index in [1.807, 2.05) is 6.92 Å². The molecule has 1 heteroatoms. The van der Waals surface area contributed by atoms with Crippen LogP contribution in [0.2, 0.25) is 0 Å². The quantitative estimate of drug-likeness (QED) is 0.720. The van der Waals surface area contributed by atoms with E-state index in [4.69, 9.17) is 0 Å². The summed E-state index contributed by atoms with van der Waals surface area (Å²) < 4.78 is 0. The smallest absolute Gasteiger partial charge is 0.0416 e. The molecule has 0 atom stereocenters. The summed E-state index contributed by atoms with van der Waals surface area (Å²) in [5.41, 5.74) is 2.44. The van der Waals surface area contributed by atoms with E-state index in [0.29, 0.717) is 5.92 Å². The molecule has 0 unspecified atom stereocenters. The molecule has 0 aromatic heterocycles. The summed E-state index contributed by atoms with van der Waals surface area (Å²) in [7, 11) is 0. The van der Waals surface area contributed by atoms with Gasteiger partial charge in [0.05, 0.1) is 0 Å². The molecule has 1 aromatic carbocycles. The summed E-state index contributed by atoms with van der Waals surface area (Å²) in [6.07, 6.45) is 8.57. The first-order valence-corrected chi connectivity index (χ1v) is 5.86. The monoisotopic (exact) mass is 215 g/mol. The molecule has 86 valence electrons. The number of benzene rings is 1. The maximum Gasteiger partial charge on any atom is 0.0416 e. The summed E-state index contributed by atoms with van der Waals surface area (Å²) >= 11 is 0. The Labute approximate surface area is 98.9 Å². The Hall–Kier alpha value is -1.50. The number of hydrogen-bond donors (Lipinski definition) is 1. The van der Waals surface area contributed by atoms with E-state index in [9.17, 15) is 0 Å². The fourth-order valence-corrected chi connectivity index (χ4v) is 1.39. The fourth-order valence-electron chi connectivity index (χ4n) is 1.39. The van der Waals surface area contributed by atoms with Gasteiger partial charge >= 0.3 is 0 Å². The van der Waals surface area contributed by atoms with Crippen molar-refractivity contribution in [3.63, 3.8) is 0 Å². The first-order chi connectivity index (χ1) is 7.74. The van der Waals surface area contributed by atoms with Crippen LogP contribution in [0.15, 0.2) is 42.5 Å². The minimum Gasteiger partial charge on any atom is -0.381 e. The van der Waals surface area contributed by atoms with E-state index < -0.39 is 0 Å². The van der Waals surface area contributed by atoms with Gasteiger partial charge in [0.25, 0.3) is 0 Å². The van der Waals surface area contributed by atoms with Gasteiger partial charge < -0.3 is 5.32 Å². The van der Waals surface area contributed by atoms with Crippen LogP contribution in [0, 0.1) is 5.92 Å². The highest BCUT2D eigenvalue weighted by atomic mass is 14.9. The second-order valence-corrected chi connectivity index (χ2v) is 4.14. The van der Waals surface area contributed by atoms with Crippen molar-refractivity contribution in [2.24, 2.45) is 5.92 Å². The number of nitrogens with one attached hydrogen (secondary N) is 1. The van der Waals surface area contributed by atoms with Gasteiger partial charge in [0.1, 0.15) is 0 Å². The van der Waals surface area contributed by atoms with Crippen LogP contribution in [0.3, 0.4) is 0 Å². The molecule has 0 spiro atoms. The van der Waals surface area contributed by atoms with Gasteiger partial charge in [-0.2, -0.15) is 0 Å². The highest BCUT2D eigenvalue weighted by Crippen LogP contribution is 2.17. The molecular weight excluding hydrogens is 194 g/mol. The Kier molecular flexibility index (Phi) is 5.41. The number of rotatable bonds is 5. The predicted molar refractivity (Wildman–Crippen MR) is 73.6 cm³/mol. The van der Waals surface area contributed by atoms with E-state index in [0.717, 1.165) is 6.54 Å². The molecule has 0 aliphatic heterocycles. The maximum atomic E-state index is 3.40. The molecule has 16 heavy (non-hydrogen) atoms. The van der Waals surface area contributed by atoms with Crippen molar-refractivity contribution in [3.05, 3.63) is 48.1 Å². The summed E-state index contributed by atoms with van der Waals surface area (Å²) in [5, 5.41) is 3.40. The number of anilines is 1. The first kappa shape index (κ1) is 12.6. The molecule has 1 aromatic rings. The lowest BCUT2D eigenvalue weighted by Crippen LogP contribution is -1.99. The molecular formula is C15H21N. The van der Waals surface area contributed by atoms with Gasteiger partial charge in [0.15, 0.2) is 0 Å². The molecule has 0 amide bonds. The summed E-state index contributed by atoms with van der Waals surface area (Å²) in [6, 6.07) is 8.38. The lowest BCUT2D eigenvalue weighted by molar-refractivity contribution is 0.836. The average Bonchev–Trinajstić information content (AvgIpc) is 2.28. The third-order valence-electron chi connectivity index (χ3n) is 2.27. The molecule has 0 fully saturated rings. The van der Waals surface area contributed by atoms with Crippen LogP contribution in [0.25, 0.3) is 6.08 Å². The van der Waals surface area contributed by atoms with E-state index in [-0.39, 0.29) is 0 Å². The number of allylic oxidation sites excluding steroid dienone is 2. The molecule has 0 aliphatic carbocycles. The van der Waals surface area contributed by atoms with Crippen molar-refractivity contribution in [2.75, 3.05) is 11.9 Å². The Bertz CT molecular complexity index is 361. The van der Waals surface area contributed by atoms with Crippen LogP contribution in [0.4, 0.5) is 5.69 Å². The molecule has 0 heterocycles. The summed E-state index contributed by atoms with van der Waals surface area (Å²) in [6.45, 7) is 7.29. The normalized spacial score (nSPS) is 11.8. The van der Waals surface area contributed by atoms with Crippen LogP contribution < -0.4 is 5.32 Å². The minimum atomic E-state index is 0.587.